The Balaban J connectivity index is 2.16. The molecule has 5 heteroatoms. The molecule has 0 radical (unpaired) electrons. The number of carbonyl (C=O) groups is 1. The van der Waals surface area contributed by atoms with E-state index in [1.54, 1.807) is 6.07 Å². The van der Waals surface area contributed by atoms with E-state index in [0.717, 1.165) is 32.2 Å². The molecule has 1 heterocycles. The molecule has 1 saturated heterocycles. The predicted octanol–water partition coefficient (Wildman–Crippen LogP) is 0.929. The molecule has 0 saturated carbocycles. The van der Waals surface area contributed by atoms with E-state index < -0.39 is 11.8 Å². The largest absolute Gasteiger partial charge is 0.478 e. The van der Waals surface area contributed by atoms with Gasteiger partial charge in [0.1, 0.15) is 5.82 Å². The minimum absolute atomic E-state index is 0.0588. The molecule has 1 aromatic carbocycles. The van der Waals surface area contributed by atoms with Crippen LogP contribution in [0.15, 0.2) is 18.2 Å². The highest BCUT2D eigenvalue weighted by atomic mass is 19.1. The van der Waals surface area contributed by atoms with Crippen molar-refractivity contribution in [3.8, 4) is 0 Å². The number of piperazine rings is 1. The first-order chi connectivity index (χ1) is 8.16. The van der Waals surface area contributed by atoms with Gasteiger partial charge in [-0.1, -0.05) is 6.07 Å². The zero-order chi connectivity index (χ0) is 12.3. The number of aromatic carboxylic acids is 1. The smallest absolute Gasteiger partial charge is 0.336 e. The van der Waals surface area contributed by atoms with Crippen LogP contribution in [0.1, 0.15) is 15.9 Å². The third-order valence-corrected chi connectivity index (χ3v) is 2.91. The number of halogens is 1. The lowest BCUT2D eigenvalue weighted by atomic mass is 10.1. The summed E-state index contributed by atoms with van der Waals surface area (Å²) in [6, 6.07) is 3.95. The SMILES string of the molecule is O=C(O)c1cc(F)ccc1CN1CCNCC1. The highest BCUT2D eigenvalue weighted by Gasteiger charge is 2.15. The average Bonchev–Trinajstić information content (AvgIpc) is 2.32. The third kappa shape index (κ3) is 3.01. The zero-order valence-electron chi connectivity index (χ0n) is 9.45. The van der Waals surface area contributed by atoms with Crippen LogP contribution in [-0.2, 0) is 6.54 Å². The number of rotatable bonds is 3. The van der Waals surface area contributed by atoms with E-state index in [1.807, 2.05) is 0 Å². The number of hydrogen-bond donors (Lipinski definition) is 2. The van der Waals surface area contributed by atoms with Crippen molar-refractivity contribution >= 4 is 5.97 Å². The van der Waals surface area contributed by atoms with Gasteiger partial charge in [-0.05, 0) is 17.7 Å². The molecule has 0 aromatic heterocycles. The summed E-state index contributed by atoms with van der Waals surface area (Å²) in [5, 5.41) is 12.3. The van der Waals surface area contributed by atoms with Crippen LogP contribution in [0.25, 0.3) is 0 Å². The molecule has 2 N–H and O–H groups in total. The van der Waals surface area contributed by atoms with Crippen LogP contribution in [-0.4, -0.2) is 42.2 Å². The van der Waals surface area contributed by atoms with Crippen LogP contribution in [0.2, 0.25) is 0 Å². The molecular weight excluding hydrogens is 223 g/mol. The summed E-state index contributed by atoms with van der Waals surface area (Å²) < 4.78 is 13.0. The zero-order valence-corrected chi connectivity index (χ0v) is 9.45. The summed E-state index contributed by atoms with van der Waals surface area (Å²) in [4.78, 5) is 13.2. The molecule has 0 aliphatic carbocycles. The lowest BCUT2D eigenvalue weighted by molar-refractivity contribution is 0.0693. The fraction of sp³-hybridized carbons (Fsp3) is 0.417. The first kappa shape index (κ1) is 12.0. The predicted molar refractivity (Wildman–Crippen MR) is 61.5 cm³/mol. The van der Waals surface area contributed by atoms with Crippen molar-refractivity contribution in [3.05, 3.63) is 35.1 Å². The molecule has 2 rings (SSSR count). The minimum Gasteiger partial charge on any atom is -0.478 e. The van der Waals surface area contributed by atoms with Gasteiger partial charge in [-0.25, -0.2) is 9.18 Å². The maximum Gasteiger partial charge on any atom is 0.336 e. The summed E-state index contributed by atoms with van der Waals surface area (Å²) in [6.07, 6.45) is 0. The average molecular weight is 238 g/mol. The van der Waals surface area contributed by atoms with Crippen LogP contribution in [0.4, 0.5) is 4.39 Å². The van der Waals surface area contributed by atoms with E-state index in [0.29, 0.717) is 12.1 Å². The number of nitrogens with zero attached hydrogens (tertiary/aromatic N) is 1. The van der Waals surface area contributed by atoms with Crippen LogP contribution >= 0.6 is 0 Å². The number of carboxylic acids is 1. The van der Waals surface area contributed by atoms with Crippen molar-refractivity contribution in [1.82, 2.24) is 10.2 Å². The van der Waals surface area contributed by atoms with Crippen LogP contribution < -0.4 is 5.32 Å². The van der Waals surface area contributed by atoms with Gasteiger partial charge in [0, 0.05) is 32.7 Å². The first-order valence-corrected chi connectivity index (χ1v) is 5.61. The Morgan fingerprint density at radius 1 is 1.41 bits per heavy atom. The molecule has 4 nitrogen and oxygen atoms in total. The number of nitrogens with one attached hydrogen (secondary N) is 1. The van der Waals surface area contributed by atoms with Gasteiger partial charge in [0.05, 0.1) is 5.56 Å². The normalized spacial score (nSPS) is 17.0. The summed E-state index contributed by atoms with van der Waals surface area (Å²) >= 11 is 0. The molecule has 0 spiro atoms. The summed E-state index contributed by atoms with van der Waals surface area (Å²) in [5.74, 6) is -1.58. The molecule has 1 aromatic rings. The second kappa shape index (κ2) is 5.25. The van der Waals surface area contributed by atoms with E-state index in [1.165, 1.54) is 6.07 Å². The molecule has 1 aliphatic heterocycles. The van der Waals surface area contributed by atoms with E-state index in [4.69, 9.17) is 5.11 Å². The van der Waals surface area contributed by atoms with Gasteiger partial charge in [0.2, 0.25) is 0 Å². The maximum absolute atomic E-state index is 13.0. The minimum atomic E-state index is -1.07. The van der Waals surface area contributed by atoms with Gasteiger partial charge in [-0.15, -0.1) is 0 Å². The molecule has 0 bridgehead atoms. The van der Waals surface area contributed by atoms with Gasteiger partial charge in [0.15, 0.2) is 0 Å². The van der Waals surface area contributed by atoms with E-state index in [2.05, 4.69) is 10.2 Å². The van der Waals surface area contributed by atoms with Crippen LogP contribution in [0.5, 0.6) is 0 Å². The molecule has 1 aliphatic rings. The second-order valence-electron chi connectivity index (χ2n) is 4.13. The fourth-order valence-electron chi connectivity index (χ4n) is 2.00. The Kier molecular flexibility index (Phi) is 3.71. The fourth-order valence-corrected chi connectivity index (χ4v) is 2.00. The van der Waals surface area contributed by atoms with Crippen molar-refractivity contribution < 1.29 is 14.3 Å². The highest BCUT2D eigenvalue weighted by Crippen LogP contribution is 2.14. The maximum atomic E-state index is 13.0. The molecule has 1 fully saturated rings. The quantitative estimate of drug-likeness (QED) is 0.822. The lowest BCUT2D eigenvalue weighted by Gasteiger charge is -2.27. The molecule has 0 atom stereocenters. The highest BCUT2D eigenvalue weighted by molar-refractivity contribution is 5.89. The van der Waals surface area contributed by atoms with Crippen molar-refractivity contribution in [2.45, 2.75) is 6.54 Å². The third-order valence-electron chi connectivity index (χ3n) is 2.91. The first-order valence-electron chi connectivity index (χ1n) is 5.61. The number of carboxylic acid groups (broad SMARTS) is 1. The van der Waals surface area contributed by atoms with Gasteiger partial charge in [0.25, 0.3) is 0 Å². The second-order valence-corrected chi connectivity index (χ2v) is 4.13. The van der Waals surface area contributed by atoms with E-state index in [-0.39, 0.29) is 5.56 Å². The number of benzene rings is 1. The number of hydrogen-bond acceptors (Lipinski definition) is 3. The van der Waals surface area contributed by atoms with Gasteiger partial charge < -0.3 is 10.4 Å². The Morgan fingerprint density at radius 2 is 2.12 bits per heavy atom. The summed E-state index contributed by atoms with van der Waals surface area (Å²) in [7, 11) is 0. The summed E-state index contributed by atoms with van der Waals surface area (Å²) in [6.45, 7) is 4.14. The van der Waals surface area contributed by atoms with Gasteiger partial charge in [-0.2, -0.15) is 0 Å². The Morgan fingerprint density at radius 3 is 2.76 bits per heavy atom. The van der Waals surface area contributed by atoms with Crippen molar-refractivity contribution in [2.75, 3.05) is 26.2 Å². The van der Waals surface area contributed by atoms with Crippen LogP contribution in [0.3, 0.4) is 0 Å². The van der Waals surface area contributed by atoms with E-state index in [9.17, 15) is 9.18 Å². The Labute approximate surface area is 99.0 Å². The molecule has 0 unspecified atom stereocenters. The molecule has 17 heavy (non-hydrogen) atoms. The van der Waals surface area contributed by atoms with Gasteiger partial charge in [-0.3, -0.25) is 4.90 Å². The molecule has 92 valence electrons. The Bertz CT molecular complexity index is 417. The monoisotopic (exact) mass is 238 g/mol. The van der Waals surface area contributed by atoms with E-state index >= 15 is 0 Å². The lowest BCUT2D eigenvalue weighted by Crippen LogP contribution is -2.43. The van der Waals surface area contributed by atoms with Crippen molar-refractivity contribution in [2.24, 2.45) is 0 Å². The standard InChI is InChI=1S/C12H15FN2O2/c13-10-2-1-9(11(7-10)12(16)17)8-15-5-3-14-4-6-15/h1-2,7,14H,3-6,8H2,(H,16,17). The molecule has 0 amide bonds. The Hall–Kier alpha value is -1.46. The van der Waals surface area contributed by atoms with Crippen molar-refractivity contribution in [1.29, 1.82) is 0 Å². The van der Waals surface area contributed by atoms with Crippen LogP contribution in [0, 0.1) is 5.82 Å². The topological polar surface area (TPSA) is 52.6 Å². The summed E-state index contributed by atoms with van der Waals surface area (Å²) in [5.41, 5.74) is 0.726. The van der Waals surface area contributed by atoms with Crippen molar-refractivity contribution in [3.63, 3.8) is 0 Å². The molecular formula is C12H15FN2O2. The van der Waals surface area contributed by atoms with Gasteiger partial charge >= 0.3 is 5.97 Å².